The molecule has 7 nitrogen and oxygen atoms in total. The molecule has 0 N–H and O–H groups in total. The summed E-state index contributed by atoms with van der Waals surface area (Å²) in [6.45, 7) is 3.51. The molecule has 1 aromatic carbocycles. The average Bonchev–Trinajstić information content (AvgIpc) is 3.28. The summed E-state index contributed by atoms with van der Waals surface area (Å²) < 4.78 is 55.2. The summed E-state index contributed by atoms with van der Waals surface area (Å²) in [5.74, 6) is -1.43. The van der Waals surface area contributed by atoms with Crippen molar-refractivity contribution in [2.45, 2.75) is 19.5 Å². The molecule has 164 valence electrons. The second-order valence-electron chi connectivity index (χ2n) is 7.08. The highest BCUT2D eigenvalue weighted by Crippen LogP contribution is 2.33. The first kappa shape index (κ1) is 21.2. The van der Waals surface area contributed by atoms with Crippen molar-refractivity contribution >= 4 is 22.4 Å². The van der Waals surface area contributed by atoms with Crippen molar-refractivity contribution in [1.29, 1.82) is 0 Å². The van der Waals surface area contributed by atoms with Crippen LogP contribution in [0.15, 0.2) is 29.6 Å². The first-order chi connectivity index (χ1) is 14.7. The van der Waals surface area contributed by atoms with Gasteiger partial charge in [0.1, 0.15) is 5.82 Å². The predicted molar refractivity (Wildman–Crippen MR) is 106 cm³/mol. The van der Waals surface area contributed by atoms with Crippen LogP contribution in [0.1, 0.15) is 28.3 Å². The van der Waals surface area contributed by atoms with E-state index in [1.54, 1.807) is 0 Å². The third-order valence-electron chi connectivity index (χ3n) is 4.87. The van der Waals surface area contributed by atoms with Crippen molar-refractivity contribution in [2.75, 3.05) is 31.1 Å². The summed E-state index contributed by atoms with van der Waals surface area (Å²) in [5, 5.41) is 9.84. The maximum Gasteiger partial charge on any atom is 0.435 e. The van der Waals surface area contributed by atoms with Crippen molar-refractivity contribution in [2.24, 2.45) is 0 Å². The lowest BCUT2D eigenvalue weighted by atomic mass is 10.2. The molecule has 0 radical (unpaired) electrons. The number of nitrogens with zero attached hydrogens (tertiary/aromatic N) is 6. The monoisotopic (exact) mass is 454 g/mol. The van der Waals surface area contributed by atoms with Gasteiger partial charge >= 0.3 is 6.18 Å². The van der Waals surface area contributed by atoms with Crippen LogP contribution in [0, 0.1) is 12.7 Å². The van der Waals surface area contributed by atoms with Gasteiger partial charge in [0.2, 0.25) is 0 Å². The van der Waals surface area contributed by atoms with Gasteiger partial charge in [0, 0.05) is 31.6 Å². The lowest BCUT2D eigenvalue weighted by Crippen LogP contribution is -2.36. The molecule has 4 rings (SSSR count). The third kappa shape index (κ3) is 4.38. The Morgan fingerprint density at radius 2 is 1.84 bits per heavy atom. The van der Waals surface area contributed by atoms with E-state index in [9.17, 15) is 22.4 Å². The molecule has 1 aliphatic heterocycles. The Balaban J connectivity index is 1.60. The van der Waals surface area contributed by atoms with Gasteiger partial charge in [0.25, 0.3) is 5.91 Å². The Morgan fingerprint density at radius 1 is 1.10 bits per heavy atom. The van der Waals surface area contributed by atoms with E-state index in [1.165, 1.54) is 16.2 Å². The van der Waals surface area contributed by atoms with Crippen LogP contribution in [0.4, 0.5) is 22.7 Å². The van der Waals surface area contributed by atoms with E-state index in [4.69, 9.17) is 0 Å². The fourth-order valence-electron chi connectivity index (χ4n) is 3.39. The number of carbonyl (C=O) groups is 1. The number of halogens is 4. The molecule has 12 heteroatoms. The topological polar surface area (TPSA) is 67.2 Å². The Bertz CT molecular complexity index is 1080. The maximum absolute atomic E-state index is 13.8. The summed E-state index contributed by atoms with van der Waals surface area (Å²) in [5.41, 5.74) is -1.19. The number of aromatic nitrogens is 4. The molecule has 0 atom stereocenters. The molecular formula is C19H18F4N6OS. The van der Waals surface area contributed by atoms with Gasteiger partial charge in [-0.15, -0.1) is 16.4 Å². The highest BCUT2D eigenvalue weighted by Gasteiger charge is 2.43. The van der Waals surface area contributed by atoms with E-state index in [0.717, 1.165) is 35.1 Å². The number of hydrogen-bond acceptors (Lipinski definition) is 6. The van der Waals surface area contributed by atoms with E-state index in [2.05, 4.69) is 15.3 Å². The first-order valence-electron chi connectivity index (χ1n) is 9.49. The zero-order valence-corrected chi connectivity index (χ0v) is 17.3. The minimum absolute atomic E-state index is 0.0403. The molecule has 0 aliphatic carbocycles. The predicted octanol–water partition coefficient (Wildman–Crippen LogP) is 3.54. The Kier molecular flexibility index (Phi) is 5.65. The highest BCUT2D eigenvalue weighted by molar-refractivity contribution is 7.13. The highest BCUT2D eigenvalue weighted by atomic mass is 32.1. The van der Waals surface area contributed by atoms with Crippen LogP contribution >= 0.6 is 11.3 Å². The van der Waals surface area contributed by atoms with E-state index < -0.39 is 29.3 Å². The van der Waals surface area contributed by atoms with Gasteiger partial charge in [-0.2, -0.15) is 13.2 Å². The molecule has 1 aliphatic rings. The molecule has 1 fully saturated rings. The number of benzene rings is 1. The second-order valence-corrected chi connectivity index (χ2v) is 7.91. The first-order valence-corrected chi connectivity index (χ1v) is 10.4. The SMILES string of the molecule is Cc1csc(N2CCCN(C(=O)c3nnn(-c4ccc(F)cc4)c3C(F)(F)F)CC2)n1. The van der Waals surface area contributed by atoms with Gasteiger partial charge in [-0.05, 0) is 37.6 Å². The van der Waals surface area contributed by atoms with Crippen LogP contribution in [0.25, 0.3) is 5.69 Å². The van der Waals surface area contributed by atoms with Crippen molar-refractivity contribution in [3.8, 4) is 5.69 Å². The van der Waals surface area contributed by atoms with Crippen molar-refractivity contribution in [3.63, 3.8) is 0 Å². The summed E-state index contributed by atoms with van der Waals surface area (Å²) >= 11 is 1.49. The molecule has 0 bridgehead atoms. The molecule has 3 aromatic rings. The van der Waals surface area contributed by atoms with Crippen LogP contribution in [0.3, 0.4) is 0 Å². The Hall–Kier alpha value is -3.02. The lowest BCUT2D eigenvalue weighted by molar-refractivity contribution is -0.143. The number of amides is 1. The number of aryl methyl sites for hydroxylation is 1. The quantitative estimate of drug-likeness (QED) is 0.567. The van der Waals surface area contributed by atoms with E-state index in [-0.39, 0.29) is 12.2 Å². The molecular weight excluding hydrogens is 436 g/mol. The van der Waals surface area contributed by atoms with Gasteiger partial charge in [0.15, 0.2) is 16.5 Å². The number of hydrogen-bond donors (Lipinski definition) is 0. The molecule has 0 spiro atoms. The van der Waals surface area contributed by atoms with Crippen molar-refractivity contribution < 1.29 is 22.4 Å². The van der Waals surface area contributed by atoms with E-state index in [1.807, 2.05) is 17.2 Å². The number of alkyl halides is 3. The molecule has 31 heavy (non-hydrogen) atoms. The van der Waals surface area contributed by atoms with Crippen molar-refractivity contribution in [1.82, 2.24) is 24.9 Å². The van der Waals surface area contributed by atoms with Gasteiger partial charge in [-0.1, -0.05) is 5.21 Å². The van der Waals surface area contributed by atoms with Crippen LogP contribution in [0.2, 0.25) is 0 Å². The largest absolute Gasteiger partial charge is 0.435 e. The average molecular weight is 454 g/mol. The van der Waals surface area contributed by atoms with Crippen LogP contribution in [-0.2, 0) is 6.18 Å². The van der Waals surface area contributed by atoms with Crippen LogP contribution in [0.5, 0.6) is 0 Å². The molecule has 3 heterocycles. The fourth-order valence-corrected chi connectivity index (χ4v) is 4.25. The standard InChI is InChI=1S/C19H18F4N6OS/c1-12-11-31-18(24-12)28-8-2-7-27(9-10-28)17(30)15-16(19(21,22)23)29(26-25-15)14-5-3-13(20)4-6-14/h3-6,11H,2,7-10H2,1H3. The number of carbonyl (C=O) groups excluding carboxylic acids is 1. The summed E-state index contributed by atoms with van der Waals surface area (Å²) in [4.78, 5) is 20.8. The molecule has 1 saturated heterocycles. The zero-order chi connectivity index (χ0) is 22.2. The maximum atomic E-state index is 13.8. The molecule has 1 amide bonds. The lowest BCUT2D eigenvalue weighted by Gasteiger charge is -2.21. The zero-order valence-electron chi connectivity index (χ0n) is 16.4. The van der Waals surface area contributed by atoms with Gasteiger partial charge in [-0.25, -0.2) is 14.1 Å². The minimum Gasteiger partial charge on any atom is -0.346 e. The van der Waals surface area contributed by atoms with Crippen LogP contribution in [-0.4, -0.2) is 57.0 Å². The van der Waals surface area contributed by atoms with Gasteiger partial charge in [0.05, 0.1) is 11.4 Å². The normalized spacial score (nSPS) is 15.3. The molecule has 0 saturated carbocycles. The summed E-state index contributed by atoms with van der Waals surface area (Å²) in [7, 11) is 0. The summed E-state index contributed by atoms with van der Waals surface area (Å²) in [6, 6.07) is 4.32. The van der Waals surface area contributed by atoms with Crippen LogP contribution < -0.4 is 4.90 Å². The Morgan fingerprint density at radius 3 is 2.48 bits per heavy atom. The molecule has 0 unspecified atom stereocenters. The van der Waals surface area contributed by atoms with Gasteiger partial charge in [-0.3, -0.25) is 4.79 Å². The number of anilines is 1. The second kappa shape index (κ2) is 8.25. The fraction of sp³-hybridized carbons (Fsp3) is 0.368. The van der Waals surface area contributed by atoms with E-state index in [0.29, 0.717) is 30.7 Å². The third-order valence-corrected chi connectivity index (χ3v) is 5.89. The number of rotatable bonds is 3. The molecule has 2 aromatic heterocycles. The Labute approximate surface area is 178 Å². The van der Waals surface area contributed by atoms with E-state index >= 15 is 0 Å². The van der Waals surface area contributed by atoms with Gasteiger partial charge < -0.3 is 9.80 Å². The number of thiazole rings is 1. The minimum atomic E-state index is -4.88. The summed E-state index contributed by atoms with van der Waals surface area (Å²) in [6.07, 6.45) is -4.29. The smallest absolute Gasteiger partial charge is 0.346 e. The van der Waals surface area contributed by atoms with Crippen molar-refractivity contribution in [3.05, 3.63) is 52.5 Å².